The molecular weight excluding hydrogens is 552 g/mol. The second-order valence-electron chi connectivity index (χ2n) is 17.3. The van der Waals surface area contributed by atoms with E-state index in [1.54, 1.807) is 12.5 Å². The molecule has 0 amide bonds. The molecule has 0 aromatic rings. The summed E-state index contributed by atoms with van der Waals surface area (Å²) in [6.07, 6.45) is 12.7. The van der Waals surface area contributed by atoms with Gasteiger partial charge in [-0.3, -0.25) is 4.79 Å². The lowest BCUT2D eigenvalue weighted by Crippen LogP contribution is -2.52. The molecule has 0 unspecified atom stereocenters. The van der Waals surface area contributed by atoms with Crippen LogP contribution in [0.4, 0.5) is 0 Å². The van der Waals surface area contributed by atoms with E-state index in [1.165, 1.54) is 18.4 Å². The highest BCUT2D eigenvalue weighted by atomic mass is 28.4. The van der Waals surface area contributed by atoms with E-state index in [9.17, 15) is 4.79 Å². The average molecular weight is 615 g/mol. The molecule has 5 aliphatic rings. The molecule has 4 aliphatic carbocycles. The Morgan fingerprint density at radius 3 is 2.28 bits per heavy atom. The SMILES string of the molecule is CC(=O)OC1=C([C@H](C)C2(CCC(C)C)OCCO2)[C@@]2(C)CC[C@H]3[C@@H](CC=C4C[C@@H](O[Si](C)(C)C(C)(C)C)CC[C@@]43C)[C@@H]2C1. The van der Waals surface area contributed by atoms with Crippen molar-refractivity contribution in [1.29, 1.82) is 0 Å². The Hall–Kier alpha value is -0.953. The average Bonchev–Trinajstić information content (AvgIpc) is 3.49. The van der Waals surface area contributed by atoms with E-state index in [-0.39, 0.29) is 27.8 Å². The van der Waals surface area contributed by atoms with E-state index in [1.807, 2.05) is 0 Å². The highest BCUT2D eigenvalue weighted by Crippen LogP contribution is 2.68. The summed E-state index contributed by atoms with van der Waals surface area (Å²) in [7, 11) is -1.80. The fraction of sp³-hybridized carbons (Fsp3) is 0.865. The lowest BCUT2D eigenvalue weighted by molar-refractivity contribution is -0.194. The van der Waals surface area contributed by atoms with Crippen LogP contribution in [0.1, 0.15) is 120 Å². The van der Waals surface area contributed by atoms with Crippen LogP contribution in [0.25, 0.3) is 0 Å². The van der Waals surface area contributed by atoms with Gasteiger partial charge in [0.1, 0.15) is 5.76 Å². The van der Waals surface area contributed by atoms with Gasteiger partial charge in [-0.2, -0.15) is 0 Å². The number of ether oxygens (including phenoxy) is 3. The molecular formula is C37H62O5Si. The number of rotatable bonds is 8. The second kappa shape index (κ2) is 11.7. The normalized spacial score (nSPS) is 36.6. The third-order valence-corrected chi connectivity index (χ3v) is 17.8. The van der Waals surface area contributed by atoms with Crippen LogP contribution in [0.5, 0.6) is 0 Å². The number of hydrogen-bond acceptors (Lipinski definition) is 5. The van der Waals surface area contributed by atoms with Gasteiger partial charge in [0.25, 0.3) is 0 Å². The molecule has 1 heterocycles. The van der Waals surface area contributed by atoms with Crippen LogP contribution >= 0.6 is 0 Å². The monoisotopic (exact) mass is 614 g/mol. The summed E-state index contributed by atoms with van der Waals surface area (Å²) in [5.41, 5.74) is 3.19. The molecule has 0 radical (unpaired) electrons. The first-order chi connectivity index (χ1) is 19.9. The van der Waals surface area contributed by atoms with Crippen molar-refractivity contribution >= 4 is 14.3 Å². The highest BCUT2D eigenvalue weighted by Gasteiger charge is 2.61. The number of carbonyl (C=O) groups excluding carboxylic acids is 1. The number of hydrogen-bond donors (Lipinski definition) is 0. The molecule has 0 N–H and O–H groups in total. The van der Waals surface area contributed by atoms with Gasteiger partial charge in [0.15, 0.2) is 14.1 Å². The largest absolute Gasteiger partial charge is 0.431 e. The van der Waals surface area contributed by atoms with Gasteiger partial charge >= 0.3 is 5.97 Å². The maximum absolute atomic E-state index is 12.5. The van der Waals surface area contributed by atoms with Gasteiger partial charge in [-0.05, 0) is 103 Å². The van der Waals surface area contributed by atoms with Gasteiger partial charge in [-0.25, -0.2) is 0 Å². The summed E-state index contributed by atoms with van der Waals surface area (Å²) in [5, 5.41) is 0.236. The highest BCUT2D eigenvalue weighted by molar-refractivity contribution is 6.74. The Balaban J connectivity index is 1.42. The first-order valence-corrected chi connectivity index (χ1v) is 20.4. The summed E-state index contributed by atoms with van der Waals surface area (Å²) < 4.78 is 26.1. The van der Waals surface area contributed by atoms with Crippen molar-refractivity contribution in [2.45, 2.75) is 150 Å². The molecule has 2 saturated carbocycles. The molecule has 7 atom stereocenters. The van der Waals surface area contributed by atoms with Crippen LogP contribution in [0.3, 0.4) is 0 Å². The lowest BCUT2D eigenvalue weighted by atomic mass is 9.47. The van der Waals surface area contributed by atoms with Gasteiger partial charge in [-0.15, -0.1) is 0 Å². The van der Waals surface area contributed by atoms with Gasteiger partial charge in [0, 0.05) is 31.8 Å². The maximum atomic E-state index is 12.5. The summed E-state index contributed by atoms with van der Waals surface area (Å²) in [6, 6.07) is 0. The molecule has 0 spiro atoms. The molecule has 3 fully saturated rings. The van der Waals surface area contributed by atoms with Gasteiger partial charge in [-0.1, -0.05) is 67.0 Å². The van der Waals surface area contributed by atoms with Crippen LogP contribution < -0.4 is 0 Å². The van der Waals surface area contributed by atoms with Crippen molar-refractivity contribution in [2.24, 2.45) is 40.4 Å². The number of allylic oxidation sites excluding steroid dienone is 2. The molecule has 5 rings (SSSR count). The molecule has 6 heteroatoms. The van der Waals surface area contributed by atoms with E-state index in [2.05, 4.69) is 74.6 Å². The van der Waals surface area contributed by atoms with Crippen LogP contribution in [-0.2, 0) is 23.4 Å². The quantitative estimate of drug-likeness (QED) is 0.155. The van der Waals surface area contributed by atoms with Crippen molar-refractivity contribution in [3.05, 3.63) is 23.0 Å². The predicted octanol–water partition coefficient (Wildman–Crippen LogP) is 9.58. The Kier molecular flexibility index (Phi) is 9.08. The molecule has 0 aromatic heterocycles. The van der Waals surface area contributed by atoms with Gasteiger partial charge < -0.3 is 18.6 Å². The molecule has 43 heavy (non-hydrogen) atoms. The smallest absolute Gasteiger partial charge is 0.307 e. The van der Waals surface area contributed by atoms with Crippen molar-refractivity contribution in [1.82, 2.24) is 0 Å². The zero-order valence-electron chi connectivity index (χ0n) is 29.4. The Bertz CT molecular complexity index is 1120. The fourth-order valence-corrected chi connectivity index (χ4v) is 11.2. The number of esters is 1. The summed E-state index contributed by atoms with van der Waals surface area (Å²) in [5.74, 6) is 2.43. The third kappa shape index (κ3) is 5.89. The first-order valence-electron chi connectivity index (χ1n) is 17.5. The van der Waals surface area contributed by atoms with Crippen molar-refractivity contribution in [3.63, 3.8) is 0 Å². The number of carbonyl (C=O) groups is 1. The standard InChI is InChI=1S/C37H62O5Si/c1-24(2)14-19-37(39-20-21-40-37)25(3)33-32(41-26(4)38)23-31-29-13-12-27-22-28(42-43(10,11)34(5,6)7)15-17-35(27,8)30(29)16-18-36(31,33)9/h12,24-25,28-31H,13-23H2,1-11H3/t25-,28-,29+,30-,31-,35-,36-/m0/s1. The second-order valence-corrected chi connectivity index (χ2v) is 22.0. The van der Waals surface area contributed by atoms with Crippen molar-refractivity contribution < 1.29 is 23.4 Å². The zero-order valence-corrected chi connectivity index (χ0v) is 30.4. The predicted molar refractivity (Wildman–Crippen MR) is 176 cm³/mol. The van der Waals surface area contributed by atoms with E-state index in [4.69, 9.17) is 18.6 Å². The minimum absolute atomic E-state index is 0.0180. The summed E-state index contributed by atoms with van der Waals surface area (Å²) in [6.45, 7) is 26.5. The van der Waals surface area contributed by atoms with Gasteiger partial charge in [0.2, 0.25) is 0 Å². The topological polar surface area (TPSA) is 54.0 Å². The fourth-order valence-electron chi connectivity index (χ4n) is 9.78. The lowest BCUT2D eigenvalue weighted by Gasteiger charge is -2.58. The van der Waals surface area contributed by atoms with Crippen molar-refractivity contribution in [2.75, 3.05) is 13.2 Å². The Labute approximate surface area is 264 Å². The van der Waals surface area contributed by atoms with Crippen molar-refractivity contribution in [3.8, 4) is 0 Å². The first kappa shape index (κ1) is 33.4. The Morgan fingerprint density at radius 1 is 1.02 bits per heavy atom. The van der Waals surface area contributed by atoms with Crippen LogP contribution in [0, 0.1) is 40.4 Å². The summed E-state index contributed by atoms with van der Waals surface area (Å²) in [4.78, 5) is 12.5. The Morgan fingerprint density at radius 2 is 1.67 bits per heavy atom. The van der Waals surface area contributed by atoms with Crippen LogP contribution in [0.15, 0.2) is 23.0 Å². The van der Waals surface area contributed by atoms with E-state index >= 15 is 0 Å². The van der Waals surface area contributed by atoms with E-state index < -0.39 is 14.1 Å². The minimum atomic E-state index is -1.80. The molecule has 5 nitrogen and oxygen atoms in total. The molecule has 0 bridgehead atoms. The molecule has 244 valence electrons. The molecule has 0 aromatic carbocycles. The van der Waals surface area contributed by atoms with E-state index in [0.29, 0.717) is 43.0 Å². The van der Waals surface area contributed by atoms with Gasteiger partial charge in [0.05, 0.1) is 13.2 Å². The van der Waals surface area contributed by atoms with Crippen LogP contribution in [-0.4, -0.2) is 39.4 Å². The number of fused-ring (bicyclic) bond motifs is 5. The van der Waals surface area contributed by atoms with Crippen LogP contribution in [0.2, 0.25) is 18.1 Å². The molecule has 1 saturated heterocycles. The van der Waals surface area contributed by atoms with E-state index in [0.717, 1.165) is 50.7 Å². The zero-order chi connectivity index (χ0) is 31.6. The summed E-state index contributed by atoms with van der Waals surface area (Å²) >= 11 is 0. The molecule has 1 aliphatic heterocycles. The minimum Gasteiger partial charge on any atom is -0.431 e. The third-order valence-electron chi connectivity index (χ3n) is 13.2. The maximum Gasteiger partial charge on any atom is 0.307 e.